The van der Waals surface area contributed by atoms with Crippen LogP contribution < -0.4 is 9.47 Å². The van der Waals surface area contributed by atoms with Crippen molar-refractivity contribution < 1.29 is 32.5 Å². The maximum atomic E-state index is 13.0. The fourth-order valence-corrected chi connectivity index (χ4v) is 2.11. The second kappa shape index (κ2) is 6.20. The molecule has 2 rings (SSSR count). The van der Waals surface area contributed by atoms with Crippen molar-refractivity contribution in [3.63, 3.8) is 0 Å². The van der Waals surface area contributed by atoms with Gasteiger partial charge in [0.15, 0.2) is 0 Å². The third-order valence-electron chi connectivity index (χ3n) is 3.23. The molecule has 2 aromatic carbocycles. The number of rotatable bonds is 4. The largest absolute Gasteiger partial charge is 0.497 e. The highest BCUT2D eigenvalue weighted by Gasteiger charge is 2.32. The van der Waals surface area contributed by atoms with Crippen molar-refractivity contribution in [2.45, 2.75) is 6.18 Å². The van der Waals surface area contributed by atoms with Crippen LogP contribution in [0.3, 0.4) is 0 Å². The Bertz CT molecular complexity index is 739. The van der Waals surface area contributed by atoms with Gasteiger partial charge in [0, 0.05) is 11.6 Å². The lowest BCUT2D eigenvalue weighted by atomic mass is 9.98. The zero-order chi connectivity index (χ0) is 17.2. The van der Waals surface area contributed by atoms with Gasteiger partial charge in [-0.05, 0) is 35.9 Å². The summed E-state index contributed by atoms with van der Waals surface area (Å²) in [7, 11) is 2.81. The molecule has 0 unspecified atom stereocenters. The molecule has 0 spiro atoms. The number of methoxy groups -OCH3 is 2. The molecule has 0 aliphatic carbocycles. The molecule has 122 valence electrons. The normalized spacial score (nSPS) is 11.2. The summed E-state index contributed by atoms with van der Waals surface area (Å²) in [6.45, 7) is 0. The molecule has 23 heavy (non-hydrogen) atoms. The van der Waals surface area contributed by atoms with E-state index in [0.717, 1.165) is 6.07 Å². The first-order chi connectivity index (χ1) is 10.8. The third kappa shape index (κ3) is 3.56. The highest BCUT2D eigenvalue weighted by atomic mass is 19.4. The Hall–Kier alpha value is -2.70. The van der Waals surface area contributed by atoms with Gasteiger partial charge >= 0.3 is 12.1 Å². The number of benzene rings is 2. The maximum absolute atomic E-state index is 13.0. The Morgan fingerprint density at radius 3 is 2.26 bits per heavy atom. The zero-order valence-electron chi connectivity index (χ0n) is 12.3. The van der Waals surface area contributed by atoms with Crippen molar-refractivity contribution in [3.8, 4) is 22.6 Å². The highest BCUT2D eigenvalue weighted by molar-refractivity contribution is 5.90. The van der Waals surface area contributed by atoms with Crippen LogP contribution >= 0.6 is 0 Å². The van der Waals surface area contributed by atoms with E-state index in [0.29, 0.717) is 17.4 Å². The molecule has 0 aliphatic heterocycles. The van der Waals surface area contributed by atoms with Crippen LogP contribution in [0.1, 0.15) is 15.9 Å². The number of hydrogen-bond donors (Lipinski definition) is 1. The average Bonchev–Trinajstić information content (AvgIpc) is 2.52. The van der Waals surface area contributed by atoms with Gasteiger partial charge in [0.1, 0.15) is 11.5 Å². The van der Waals surface area contributed by atoms with E-state index in [1.165, 1.54) is 32.4 Å². The van der Waals surface area contributed by atoms with Crippen LogP contribution in [0.25, 0.3) is 11.1 Å². The van der Waals surface area contributed by atoms with Gasteiger partial charge in [0.2, 0.25) is 0 Å². The van der Waals surface area contributed by atoms with Gasteiger partial charge in [-0.3, -0.25) is 0 Å². The minimum absolute atomic E-state index is 0.0942. The molecule has 1 N–H and O–H groups in total. The predicted octanol–water partition coefficient (Wildman–Crippen LogP) is 4.09. The number of ether oxygens (including phenoxy) is 2. The molecule has 0 bridgehead atoms. The lowest BCUT2D eigenvalue weighted by Gasteiger charge is -2.14. The summed E-state index contributed by atoms with van der Waals surface area (Å²) >= 11 is 0. The number of halogens is 3. The van der Waals surface area contributed by atoms with Crippen molar-refractivity contribution in [3.05, 3.63) is 47.5 Å². The smallest absolute Gasteiger partial charge is 0.416 e. The van der Waals surface area contributed by atoms with Gasteiger partial charge in [-0.25, -0.2) is 4.79 Å². The van der Waals surface area contributed by atoms with Crippen molar-refractivity contribution in [1.82, 2.24) is 0 Å². The van der Waals surface area contributed by atoms with Crippen LogP contribution in [0.4, 0.5) is 13.2 Å². The Morgan fingerprint density at radius 1 is 1.04 bits per heavy atom. The molecular formula is C16H13F3O4. The second-order valence-corrected chi connectivity index (χ2v) is 4.67. The zero-order valence-corrected chi connectivity index (χ0v) is 12.3. The summed E-state index contributed by atoms with van der Waals surface area (Å²) in [6.07, 6.45) is -4.65. The second-order valence-electron chi connectivity index (χ2n) is 4.67. The number of aromatic carboxylic acids is 1. The Labute approximate surface area is 130 Å². The first-order valence-electron chi connectivity index (χ1n) is 6.44. The fraction of sp³-hybridized carbons (Fsp3) is 0.188. The van der Waals surface area contributed by atoms with Crippen LogP contribution in [-0.4, -0.2) is 25.3 Å². The Balaban J connectivity index is 2.67. The van der Waals surface area contributed by atoms with E-state index in [4.69, 9.17) is 14.6 Å². The summed E-state index contributed by atoms with van der Waals surface area (Å²) in [5.74, 6) is -0.694. The van der Waals surface area contributed by atoms with E-state index in [-0.39, 0.29) is 11.3 Å². The van der Waals surface area contributed by atoms with Crippen LogP contribution in [0.15, 0.2) is 36.4 Å². The number of hydrogen-bond acceptors (Lipinski definition) is 3. The summed E-state index contributed by atoms with van der Waals surface area (Å²) in [4.78, 5) is 11.1. The van der Waals surface area contributed by atoms with E-state index < -0.39 is 23.3 Å². The van der Waals surface area contributed by atoms with E-state index in [1.807, 2.05) is 0 Å². The summed E-state index contributed by atoms with van der Waals surface area (Å²) in [6, 6.07) is 7.23. The molecule has 0 amide bonds. The number of carboxylic acid groups (broad SMARTS) is 1. The lowest BCUT2D eigenvalue weighted by molar-refractivity contribution is -0.137. The minimum atomic E-state index is -4.65. The molecule has 0 heterocycles. The summed E-state index contributed by atoms with van der Waals surface area (Å²) < 4.78 is 49.1. The molecule has 0 atom stereocenters. The fourth-order valence-electron chi connectivity index (χ4n) is 2.11. The predicted molar refractivity (Wildman–Crippen MR) is 76.9 cm³/mol. The summed E-state index contributed by atoms with van der Waals surface area (Å²) in [5.41, 5.74) is -1.06. The van der Waals surface area contributed by atoms with Crippen LogP contribution in [0.2, 0.25) is 0 Å². The minimum Gasteiger partial charge on any atom is -0.497 e. The Kier molecular flexibility index (Phi) is 4.49. The maximum Gasteiger partial charge on any atom is 0.416 e. The molecule has 0 saturated carbocycles. The van der Waals surface area contributed by atoms with Gasteiger partial charge < -0.3 is 14.6 Å². The number of carbonyl (C=O) groups is 1. The molecule has 0 aliphatic rings. The average molecular weight is 326 g/mol. The van der Waals surface area contributed by atoms with Crippen molar-refractivity contribution >= 4 is 5.97 Å². The molecule has 7 heteroatoms. The number of carboxylic acids is 1. The standard InChI is InChI=1S/C16H13F3O4/c1-22-12-3-4-13(14(8-12)23-2)9-5-10(15(20)21)7-11(6-9)16(17,18)19/h3-8H,1-2H3,(H,20,21). The van der Waals surface area contributed by atoms with Crippen LogP contribution in [0.5, 0.6) is 11.5 Å². The quantitative estimate of drug-likeness (QED) is 0.919. The third-order valence-corrected chi connectivity index (χ3v) is 3.23. The molecule has 0 saturated heterocycles. The molecule has 0 fully saturated rings. The molecule has 2 aromatic rings. The van der Waals surface area contributed by atoms with Gasteiger partial charge in [-0.2, -0.15) is 13.2 Å². The number of alkyl halides is 3. The van der Waals surface area contributed by atoms with Gasteiger partial charge in [-0.15, -0.1) is 0 Å². The van der Waals surface area contributed by atoms with E-state index in [2.05, 4.69) is 0 Å². The van der Waals surface area contributed by atoms with E-state index in [9.17, 15) is 18.0 Å². The summed E-state index contributed by atoms with van der Waals surface area (Å²) in [5, 5.41) is 9.04. The molecule has 0 aromatic heterocycles. The van der Waals surface area contributed by atoms with Crippen molar-refractivity contribution in [2.24, 2.45) is 0 Å². The first kappa shape index (κ1) is 16.7. The first-order valence-corrected chi connectivity index (χ1v) is 6.44. The monoisotopic (exact) mass is 326 g/mol. The highest BCUT2D eigenvalue weighted by Crippen LogP contribution is 2.37. The van der Waals surface area contributed by atoms with Crippen molar-refractivity contribution in [2.75, 3.05) is 14.2 Å². The van der Waals surface area contributed by atoms with Crippen molar-refractivity contribution in [1.29, 1.82) is 0 Å². The van der Waals surface area contributed by atoms with Crippen LogP contribution in [-0.2, 0) is 6.18 Å². The SMILES string of the molecule is COc1ccc(-c2cc(C(=O)O)cc(C(F)(F)F)c2)c(OC)c1. The molecule has 0 radical (unpaired) electrons. The van der Waals surface area contributed by atoms with E-state index in [1.54, 1.807) is 6.07 Å². The lowest BCUT2D eigenvalue weighted by Crippen LogP contribution is -2.08. The molecule has 4 nitrogen and oxygen atoms in total. The topological polar surface area (TPSA) is 55.8 Å². The van der Waals surface area contributed by atoms with Gasteiger partial charge in [0.05, 0.1) is 25.3 Å². The molecular weight excluding hydrogens is 313 g/mol. The van der Waals surface area contributed by atoms with Crippen LogP contribution in [0, 0.1) is 0 Å². The van der Waals surface area contributed by atoms with E-state index >= 15 is 0 Å². The van der Waals surface area contributed by atoms with Gasteiger partial charge in [-0.1, -0.05) is 0 Å². The Morgan fingerprint density at radius 2 is 1.74 bits per heavy atom. The van der Waals surface area contributed by atoms with Gasteiger partial charge in [0.25, 0.3) is 0 Å².